The summed E-state index contributed by atoms with van der Waals surface area (Å²) in [5, 5.41) is 1.15. The van der Waals surface area contributed by atoms with Crippen LogP contribution in [0.5, 0.6) is 5.75 Å². The third-order valence-electron chi connectivity index (χ3n) is 4.85. The van der Waals surface area contributed by atoms with Gasteiger partial charge in [-0.2, -0.15) is 0 Å². The highest BCUT2D eigenvalue weighted by atomic mass is 16.5. The van der Waals surface area contributed by atoms with Crippen LogP contribution in [0, 0.1) is 0 Å². The molecule has 0 fully saturated rings. The molecule has 3 rings (SSSR count). The molecule has 4 nitrogen and oxygen atoms in total. The molecule has 0 unspecified atom stereocenters. The topological polar surface area (TPSA) is 34.5 Å². The Morgan fingerprint density at radius 3 is 2.54 bits per heavy atom. The van der Waals surface area contributed by atoms with Gasteiger partial charge in [0.05, 0.1) is 12.6 Å². The van der Waals surface area contributed by atoms with Crippen LogP contribution in [0.4, 0.5) is 4.79 Å². The SMILES string of the molecule is CCN(CC)C(=O)n1cc(CCc2cccc(OC)c2)c2ccccc21. The Bertz CT molecular complexity index is 894. The monoisotopic (exact) mass is 350 g/mol. The predicted molar refractivity (Wildman–Crippen MR) is 106 cm³/mol. The minimum Gasteiger partial charge on any atom is -0.497 e. The third kappa shape index (κ3) is 3.59. The number of aryl methyl sites for hydroxylation is 2. The first-order valence-corrected chi connectivity index (χ1v) is 9.19. The van der Waals surface area contributed by atoms with Crippen LogP contribution < -0.4 is 4.74 Å². The number of rotatable bonds is 6. The predicted octanol–water partition coefficient (Wildman–Crippen LogP) is 4.75. The summed E-state index contributed by atoms with van der Waals surface area (Å²) in [6.45, 7) is 5.44. The van der Waals surface area contributed by atoms with E-state index in [1.807, 2.05) is 55.3 Å². The molecule has 0 N–H and O–H groups in total. The average molecular weight is 350 g/mol. The van der Waals surface area contributed by atoms with E-state index >= 15 is 0 Å². The molecule has 0 saturated carbocycles. The lowest BCUT2D eigenvalue weighted by Gasteiger charge is -2.19. The van der Waals surface area contributed by atoms with Crippen molar-refractivity contribution in [2.24, 2.45) is 0 Å². The molecule has 3 aromatic rings. The zero-order chi connectivity index (χ0) is 18.5. The number of para-hydroxylation sites is 1. The van der Waals surface area contributed by atoms with Crippen molar-refractivity contribution >= 4 is 16.9 Å². The van der Waals surface area contributed by atoms with Crippen molar-refractivity contribution < 1.29 is 9.53 Å². The molecule has 0 saturated heterocycles. The Hall–Kier alpha value is -2.75. The number of fused-ring (bicyclic) bond motifs is 1. The van der Waals surface area contributed by atoms with Crippen LogP contribution in [0.25, 0.3) is 10.9 Å². The molecule has 1 aromatic heterocycles. The Kier molecular flexibility index (Phi) is 5.61. The van der Waals surface area contributed by atoms with E-state index < -0.39 is 0 Å². The van der Waals surface area contributed by atoms with Crippen molar-refractivity contribution in [1.29, 1.82) is 0 Å². The Labute approximate surface area is 155 Å². The Balaban J connectivity index is 1.90. The van der Waals surface area contributed by atoms with E-state index in [0.717, 1.165) is 29.5 Å². The lowest BCUT2D eigenvalue weighted by molar-refractivity contribution is 0.206. The molecule has 4 heteroatoms. The van der Waals surface area contributed by atoms with Crippen molar-refractivity contribution in [2.45, 2.75) is 26.7 Å². The molecule has 26 heavy (non-hydrogen) atoms. The van der Waals surface area contributed by atoms with Crippen molar-refractivity contribution in [3.63, 3.8) is 0 Å². The highest BCUT2D eigenvalue weighted by molar-refractivity contribution is 5.93. The minimum atomic E-state index is 0.0406. The van der Waals surface area contributed by atoms with Gasteiger partial charge in [-0.25, -0.2) is 4.79 Å². The van der Waals surface area contributed by atoms with E-state index in [-0.39, 0.29) is 6.03 Å². The molecule has 1 amide bonds. The first-order chi connectivity index (χ1) is 12.7. The number of benzene rings is 2. The molecular weight excluding hydrogens is 324 g/mol. The van der Waals surface area contributed by atoms with Gasteiger partial charge in [-0.15, -0.1) is 0 Å². The smallest absolute Gasteiger partial charge is 0.328 e. The standard InChI is InChI=1S/C22H26N2O2/c1-4-23(5-2)22(25)24-16-18(20-11-6-7-12-21(20)24)14-13-17-9-8-10-19(15-17)26-3/h6-12,15-16H,4-5,13-14H2,1-3H3. The van der Waals surface area contributed by atoms with Crippen LogP contribution in [-0.2, 0) is 12.8 Å². The lowest BCUT2D eigenvalue weighted by atomic mass is 10.0. The minimum absolute atomic E-state index is 0.0406. The van der Waals surface area contributed by atoms with Gasteiger partial charge >= 0.3 is 6.03 Å². The molecule has 2 aromatic carbocycles. The van der Waals surface area contributed by atoms with Gasteiger partial charge in [-0.3, -0.25) is 4.57 Å². The highest BCUT2D eigenvalue weighted by Gasteiger charge is 2.17. The normalized spacial score (nSPS) is 10.9. The molecule has 0 atom stereocenters. The number of carbonyl (C=O) groups excluding carboxylic acids is 1. The quantitative estimate of drug-likeness (QED) is 0.643. The second kappa shape index (κ2) is 8.09. The van der Waals surface area contributed by atoms with E-state index in [1.54, 1.807) is 11.7 Å². The number of aromatic nitrogens is 1. The van der Waals surface area contributed by atoms with Crippen LogP contribution in [0.1, 0.15) is 25.0 Å². The fourth-order valence-electron chi connectivity index (χ4n) is 3.36. The van der Waals surface area contributed by atoms with Gasteiger partial charge in [-0.1, -0.05) is 30.3 Å². The molecular formula is C22H26N2O2. The highest BCUT2D eigenvalue weighted by Crippen LogP contribution is 2.24. The summed E-state index contributed by atoms with van der Waals surface area (Å²) in [6.07, 6.45) is 3.79. The zero-order valence-corrected chi connectivity index (χ0v) is 15.7. The molecule has 0 aliphatic heterocycles. The summed E-state index contributed by atoms with van der Waals surface area (Å²) in [4.78, 5) is 14.7. The van der Waals surface area contributed by atoms with Gasteiger partial charge in [0.25, 0.3) is 0 Å². The largest absolute Gasteiger partial charge is 0.497 e. The summed E-state index contributed by atoms with van der Waals surface area (Å²) in [7, 11) is 1.69. The maximum absolute atomic E-state index is 12.9. The summed E-state index contributed by atoms with van der Waals surface area (Å²) in [5.74, 6) is 0.877. The number of methoxy groups -OCH3 is 1. The number of carbonyl (C=O) groups is 1. The van der Waals surface area contributed by atoms with Crippen LogP contribution in [0.15, 0.2) is 54.7 Å². The van der Waals surface area contributed by atoms with Gasteiger partial charge < -0.3 is 9.64 Å². The van der Waals surface area contributed by atoms with Crippen molar-refractivity contribution in [3.05, 3.63) is 65.9 Å². The van der Waals surface area contributed by atoms with Gasteiger partial charge in [0.1, 0.15) is 5.75 Å². The molecule has 1 heterocycles. The fraction of sp³-hybridized carbons (Fsp3) is 0.318. The van der Waals surface area contributed by atoms with Crippen molar-refractivity contribution in [1.82, 2.24) is 9.47 Å². The van der Waals surface area contributed by atoms with Crippen LogP contribution in [0.3, 0.4) is 0 Å². The number of hydrogen-bond donors (Lipinski definition) is 0. The lowest BCUT2D eigenvalue weighted by Crippen LogP contribution is -2.33. The van der Waals surface area contributed by atoms with Crippen LogP contribution in [0.2, 0.25) is 0 Å². The number of amides is 1. The number of ether oxygens (including phenoxy) is 1. The maximum Gasteiger partial charge on any atom is 0.328 e. The first-order valence-electron chi connectivity index (χ1n) is 9.19. The van der Waals surface area contributed by atoms with Crippen LogP contribution >= 0.6 is 0 Å². The molecule has 0 spiro atoms. The van der Waals surface area contributed by atoms with E-state index in [9.17, 15) is 4.79 Å². The van der Waals surface area contributed by atoms with Crippen molar-refractivity contribution in [2.75, 3.05) is 20.2 Å². The van der Waals surface area contributed by atoms with Crippen LogP contribution in [-0.4, -0.2) is 35.7 Å². The zero-order valence-electron chi connectivity index (χ0n) is 15.7. The molecule has 136 valence electrons. The van der Waals surface area contributed by atoms with E-state index in [0.29, 0.717) is 13.1 Å². The number of nitrogens with zero attached hydrogens (tertiary/aromatic N) is 2. The summed E-state index contributed by atoms with van der Waals surface area (Å²) in [6, 6.07) is 16.3. The molecule has 0 bridgehead atoms. The fourth-order valence-corrected chi connectivity index (χ4v) is 3.36. The van der Waals surface area contributed by atoms with Gasteiger partial charge in [0, 0.05) is 24.7 Å². The van der Waals surface area contributed by atoms with Gasteiger partial charge in [-0.05, 0) is 56.0 Å². The average Bonchev–Trinajstić information content (AvgIpc) is 3.06. The van der Waals surface area contributed by atoms with Gasteiger partial charge in [0.15, 0.2) is 0 Å². The second-order valence-electron chi connectivity index (χ2n) is 6.35. The summed E-state index contributed by atoms with van der Waals surface area (Å²) < 4.78 is 7.10. The van der Waals surface area contributed by atoms with E-state index in [1.165, 1.54) is 11.1 Å². The van der Waals surface area contributed by atoms with Crippen molar-refractivity contribution in [3.8, 4) is 5.75 Å². The maximum atomic E-state index is 12.9. The Morgan fingerprint density at radius 2 is 1.81 bits per heavy atom. The first kappa shape index (κ1) is 18.1. The second-order valence-corrected chi connectivity index (χ2v) is 6.35. The molecule has 0 aliphatic carbocycles. The van der Waals surface area contributed by atoms with Gasteiger partial charge in [0.2, 0.25) is 0 Å². The Morgan fingerprint density at radius 1 is 1.04 bits per heavy atom. The van der Waals surface area contributed by atoms with E-state index in [2.05, 4.69) is 18.2 Å². The molecule has 0 radical (unpaired) electrons. The van der Waals surface area contributed by atoms with E-state index in [4.69, 9.17) is 4.74 Å². The summed E-state index contributed by atoms with van der Waals surface area (Å²) in [5.41, 5.74) is 3.41. The molecule has 0 aliphatic rings. The summed E-state index contributed by atoms with van der Waals surface area (Å²) >= 11 is 0. The third-order valence-corrected chi connectivity index (χ3v) is 4.85. The number of hydrogen-bond acceptors (Lipinski definition) is 2.